The van der Waals surface area contributed by atoms with E-state index in [1.165, 1.54) is 36.2 Å². The summed E-state index contributed by atoms with van der Waals surface area (Å²) in [6, 6.07) is 4.23. The number of aliphatic imine (C=N–C) groups is 1. The number of hydrogen-bond donors (Lipinski definition) is 1. The largest absolute Gasteiger partial charge is 0.350 e. The predicted molar refractivity (Wildman–Crippen MR) is 86.7 cm³/mol. The molecule has 2 amide bonds. The molecular formula is C17H20FN3O3. The van der Waals surface area contributed by atoms with Crippen LogP contribution in [0.25, 0.3) is 0 Å². The maximum atomic E-state index is 12.9. The number of carbonyl (C=O) groups excluding carboxylic acids is 3. The number of ketones is 1. The molecule has 1 heterocycles. The van der Waals surface area contributed by atoms with Gasteiger partial charge in [-0.15, -0.1) is 0 Å². The van der Waals surface area contributed by atoms with E-state index in [-0.39, 0.29) is 12.4 Å². The first kappa shape index (κ1) is 17.8. The topological polar surface area (TPSA) is 78.8 Å². The summed E-state index contributed by atoms with van der Waals surface area (Å²) >= 11 is 0. The first-order valence-corrected chi connectivity index (χ1v) is 7.53. The van der Waals surface area contributed by atoms with Crippen LogP contribution >= 0.6 is 0 Å². The van der Waals surface area contributed by atoms with Crippen LogP contribution in [-0.4, -0.2) is 41.4 Å². The van der Waals surface area contributed by atoms with E-state index < -0.39 is 29.1 Å². The Bertz CT molecular complexity index is 705. The van der Waals surface area contributed by atoms with E-state index in [0.717, 1.165) is 0 Å². The minimum atomic E-state index is -1.39. The predicted octanol–water partition coefficient (Wildman–Crippen LogP) is 1.30. The summed E-state index contributed by atoms with van der Waals surface area (Å²) in [5.74, 6) is -2.25. The van der Waals surface area contributed by atoms with E-state index in [2.05, 4.69) is 10.3 Å². The van der Waals surface area contributed by atoms with Gasteiger partial charge < -0.3 is 5.32 Å². The highest BCUT2D eigenvalue weighted by molar-refractivity contribution is 6.46. The molecule has 0 saturated heterocycles. The van der Waals surface area contributed by atoms with Gasteiger partial charge >= 0.3 is 0 Å². The second-order valence-corrected chi connectivity index (χ2v) is 6.68. The molecule has 1 unspecified atom stereocenters. The van der Waals surface area contributed by atoms with Crippen molar-refractivity contribution < 1.29 is 18.8 Å². The van der Waals surface area contributed by atoms with E-state index in [4.69, 9.17) is 0 Å². The maximum absolute atomic E-state index is 12.9. The van der Waals surface area contributed by atoms with Crippen LogP contribution in [0.4, 0.5) is 4.39 Å². The van der Waals surface area contributed by atoms with Crippen LogP contribution < -0.4 is 5.32 Å². The number of halogens is 1. The van der Waals surface area contributed by atoms with Crippen LogP contribution in [0.3, 0.4) is 0 Å². The minimum Gasteiger partial charge on any atom is -0.350 e. The monoisotopic (exact) mass is 333 g/mol. The summed E-state index contributed by atoms with van der Waals surface area (Å²) in [6.45, 7) is 5.66. The molecule has 1 aliphatic rings. The molecule has 7 heteroatoms. The zero-order chi connectivity index (χ0) is 18.1. The van der Waals surface area contributed by atoms with Gasteiger partial charge in [0.1, 0.15) is 11.7 Å². The fourth-order valence-electron chi connectivity index (χ4n) is 2.41. The molecule has 128 valence electrons. The van der Waals surface area contributed by atoms with Crippen LogP contribution in [-0.2, 0) is 20.9 Å². The summed E-state index contributed by atoms with van der Waals surface area (Å²) in [5, 5.41) is 2.57. The number of amidine groups is 1. The first-order chi connectivity index (χ1) is 11.1. The standard InChI is InChI=1S/C17H20FN3O3/c1-17(2,3)16-20-12(13(22)15(24)21(16)4)14(23)19-9-10-5-7-11(18)8-6-10/h5-8,12H,9H2,1-4H3,(H,19,23). The van der Waals surface area contributed by atoms with Gasteiger partial charge in [-0.25, -0.2) is 9.38 Å². The zero-order valence-electron chi connectivity index (χ0n) is 14.1. The number of rotatable bonds is 3. The number of carbonyl (C=O) groups is 3. The molecule has 2 rings (SSSR count). The van der Waals surface area contributed by atoms with Crippen LogP contribution in [0.5, 0.6) is 0 Å². The molecule has 0 aliphatic carbocycles. The molecule has 0 saturated carbocycles. The Hall–Kier alpha value is -2.57. The molecular weight excluding hydrogens is 313 g/mol. The van der Waals surface area contributed by atoms with Crippen LogP contribution in [0, 0.1) is 11.2 Å². The highest BCUT2D eigenvalue weighted by Crippen LogP contribution is 2.23. The Labute approximate surface area is 139 Å². The zero-order valence-corrected chi connectivity index (χ0v) is 14.1. The van der Waals surface area contributed by atoms with Crippen molar-refractivity contribution in [3.63, 3.8) is 0 Å². The highest BCUT2D eigenvalue weighted by atomic mass is 19.1. The second kappa shape index (κ2) is 6.51. The lowest BCUT2D eigenvalue weighted by Crippen LogP contribution is -2.55. The average Bonchev–Trinajstić information content (AvgIpc) is 2.51. The lowest BCUT2D eigenvalue weighted by Gasteiger charge is -2.33. The lowest BCUT2D eigenvalue weighted by molar-refractivity contribution is -0.145. The molecule has 0 bridgehead atoms. The SMILES string of the molecule is CN1C(=O)C(=O)C(C(=O)NCc2ccc(F)cc2)N=C1C(C)(C)C. The molecule has 0 spiro atoms. The van der Waals surface area contributed by atoms with Gasteiger partial charge in [0, 0.05) is 19.0 Å². The lowest BCUT2D eigenvalue weighted by atomic mass is 9.91. The summed E-state index contributed by atoms with van der Waals surface area (Å²) in [7, 11) is 1.47. The number of benzene rings is 1. The van der Waals surface area contributed by atoms with Gasteiger partial charge in [-0.05, 0) is 17.7 Å². The molecule has 1 aromatic carbocycles. The van der Waals surface area contributed by atoms with Gasteiger partial charge in [0.2, 0.25) is 0 Å². The van der Waals surface area contributed by atoms with Gasteiger partial charge in [0.05, 0.1) is 0 Å². The van der Waals surface area contributed by atoms with E-state index in [1.54, 1.807) is 0 Å². The number of nitrogens with one attached hydrogen (secondary N) is 1. The molecule has 24 heavy (non-hydrogen) atoms. The number of nitrogens with zero attached hydrogens (tertiary/aromatic N) is 2. The Morgan fingerprint density at radius 1 is 1.25 bits per heavy atom. The highest BCUT2D eigenvalue weighted by Gasteiger charge is 2.42. The van der Waals surface area contributed by atoms with Gasteiger partial charge in [-0.3, -0.25) is 19.3 Å². The molecule has 1 aliphatic heterocycles. The number of amides is 2. The van der Waals surface area contributed by atoms with Crippen molar-refractivity contribution in [2.75, 3.05) is 7.05 Å². The normalized spacial score (nSPS) is 18.5. The van der Waals surface area contributed by atoms with Gasteiger partial charge in [-0.2, -0.15) is 0 Å². The smallest absolute Gasteiger partial charge is 0.297 e. The summed E-state index contributed by atoms with van der Waals surface area (Å²) in [4.78, 5) is 41.8. The minimum absolute atomic E-state index is 0.118. The molecule has 0 radical (unpaired) electrons. The number of hydrogen-bond acceptors (Lipinski definition) is 4. The third-order valence-corrected chi connectivity index (χ3v) is 3.63. The van der Waals surface area contributed by atoms with Crippen LogP contribution in [0.2, 0.25) is 0 Å². The van der Waals surface area contributed by atoms with Crippen LogP contribution in [0.15, 0.2) is 29.3 Å². The molecule has 0 aromatic heterocycles. The number of Topliss-reactive ketones (excluding diaryl/α,β-unsaturated/α-hetero) is 1. The van der Waals surface area contributed by atoms with E-state index in [9.17, 15) is 18.8 Å². The van der Waals surface area contributed by atoms with Crippen molar-refractivity contribution in [3.8, 4) is 0 Å². The molecule has 1 atom stereocenters. The van der Waals surface area contributed by atoms with Crippen molar-refractivity contribution >= 4 is 23.4 Å². The van der Waals surface area contributed by atoms with Gasteiger partial charge in [0.25, 0.3) is 17.6 Å². The maximum Gasteiger partial charge on any atom is 0.297 e. The first-order valence-electron chi connectivity index (χ1n) is 7.53. The van der Waals surface area contributed by atoms with E-state index in [0.29, 0.717) is 11.4 Å². The van der Waals surface area contributed by atoms with Gasteiger partial charge in [-0.1, -0.05) is 32.9 Å². The third kappa shape index (κ3) is 3.67. The summed E-state index contributed by atoms with van der Waals surface area (Å²) < 4.78 is 12.9. The molecule has 1 N–H and O–H groups in total. The Balaban J connectivity index is 2.17. The second-order valence-electron chi connectivity index (χ2n) is 6.68. The average molecular weight is 333 g/mol. The Morgan fingerprint density at radius 3 is 2.38 bits per heavy atom. The quantitative estimate of drug-likeness (QED) is 0.669. The molecule has 0 fully saturated rings. The van der Waals surface area contributed by atoms with Gasteiger partial charge in [0.15, 0.2) is 6.04 Å². The van der Waals surface area contributed by atoms with Crippen molar-refractivity contribution in [1.82, 2.24) is 10.2 Å². The number of likely N-dealkylation sites (N-methyl/N-ethyl adjacent to an activating group) is 1. The van der Waals surface area contributed by atoms with Crippen molar-refractivity contribution in [3.05, 3.63) is 35.6 Å². The molecule has 1 aromatic rings. The Morgan fingerprint density at radius 2 is 1.83 bits per heavy atom. The van der Waals surface area contributed by atoms with Crippen molar-refractivity contribution in [2.45, 2.75) is 33.4 Å². The fourth-order valence-corrected chi connectivity index (χ4v) is 2.41. The Kier molecular flexibility index (Phi) is 4.82. The summed E-state index contributed by atoms with van der Waals surface area (Å²) in [5.41, 5.74) is 0.192. The van der Waals surface area contributed by atoms with E-state index in [1.807, 2.05) is 20.8 Å². The molecule has 6 nitrogen and oxygen atoms in total. The van der Waals surface area contributed by atoms with E-state index >= 15 is 0 Å². The van der Waals surface area contributed by atoms with Crippen LogP contribution in [0.1, 0.15) is 26.3 Å². The fraction of sp³-hybridized carbons (Fsp3) is 0.412. The van der Waals surface area contributed by atoms with Crippen molar-refractivity contribution in [2.24, 2.45) is 10.4 Å². The van der Waals surface area contributed by atoms with Crippen molar-refractivity contribution in [1.29, 1.82) is 0 Å². The summed E-state index contributed by atoms with van der Waals surface area (Å²) in [6.07, 6.45) is 0. The third-order valence-electron chi connectivity index (χ3n) is 3.63.